The molecule has 0 N–H and O–H groups in total. The van der Waals surface area contributed by atoms with Crippen LogP contribution in [0.5, 0.6) is 0 Å². The highest BCUT2D eigenvalue weighted by Gasteiger charge is 2.18. The highest BCUT2D eigenvalue weighted by Crippen LogP contribution is 2.12. The second-order valence-corrected chi connectivity index (χ2v) is 5.66. The van der Waals surface area contributed by atoms with E-state index in [-0.39, 0.29) is 18.0 Å². The second kappa shape index (κ2) is 8.03. The molecule has 0 spiro atoms. The Balaban J connectivity index is 1.65. The number of hydrogen-bond donors (Lipinski definition) is 0. The molecular weight excluding hydrogens is 328 g/mol. The van der Waals surface area contributed by atoms with Crippen LogP contribution >= 0.6 is 0 Å². The molecule has 0 bridgehead atoms. The lowest BCUT2D eigenvalue weighted by atomic mass is 10.0. The van der Waals surface area contributed by atoms with E-state index in [2.05, 4.69) is 0 Å². The Labute approximate surface area is 151 Å². The van der Waals surface area contributed by atoms with Crippen LogP contribution in [0.3, 0.4) is 0 Å². The van der Waals surface area contributed by atoms with Gasteiger partial charge < -0.3 is 4.74 Å². The zero-order chi connectivity index (χ0) is 18.4. The zero-order valence-corrected chi connectivity index (χ0v) is 13.9. The molecular formula is C22H16O4. The van der Waals surface area contributed by atoms with Crippen LogP contribution in [0.1, 0.15) is 31.8 Å². The maximum atomic E-state index is 12.3. The van der Waals surface area contributed by atoms with E-state index in [9.17, 15) is 14.4 Å². The average Bonchev–Trinajstić information content (AvgIpc) is 2.72. The first-order valence-corrected chi connectivity index (χ1v) is 8.10. The van der Waals surface area contributed by atoms with Crippen molar-refractivity contribution in [1.82, 2.24) is 0 Å². The molecule has 0 aliphatic heterocycles. The minimum absolute atomic E-state index is 0.0377. The normalized spacial score (nSPS) is 10.2. The molecule has 0 aliphatic rings. The van der Waals surface area contributed by atoms with Gasteiger partial charge in [-0.25, -0.2) is 4.79 Å². The molecule has 128 valence electrons. The molecule has 4 heteroatoms. The summed E-state index contributed by atoms with van der Waals surface area (Å²) in [7, 11) is 0. The summed E-state index contributed by atoms with van der Waals surface area (Å²) in [5.74, 6) is -1.80. The van der Waals surface area contributed by atoms with Gasteiger partial charge in [0.25, 0.3) is 5.78 Å². The van der Waals surface area contributed by atoms with Crippen LogP contribution in [-0.2, 0) is 16.1 Å². The summed E-state index contributed by atoms with van der Waals surface area (Å²) in [5.41, 5.74) is 2.00. The molecule has 3 rings (SSSR count). The van der Waals surface area contributed by atoms with Crippen LogP contribution in [0, 0.1) is 0 Å². The third-order valence-electron chi connectivity index (χ3n) is 3.84. The molecule has 0 saturated carbocycles. The first kappa shape index (κ1) is 17.3. The topological polar surface area (TPSA) is 60.4 Å². The maximum Gasteiger partial charge on any atom is 0.380 e. The lowest BCUT2D eigenvalue weighted by Crippen LogP contribution is -2.17. The van der Waals surface area contributed by atoms with Gasteiger partial charge in [-0.3, -0.25) is 9.59 Å². The van der Waals surface area contributed by atoms with Crippen molar-refractivity contribution in [3.63, 3.8) is 0 Å². The molecule has 0 heterocycles. The van der Waals surface area contributed by atoms with Crippen LogP contribution in [0.15, 0.2) is 84.9 Å². The number of esters is 1. The lowest BCUT2D eigenvalue weighted by molar-refractivity contribution is -0.139. The molecule has 0 aromatic heterocycles. The Morgan fingerprint density at radius 2 is 1.12 bits per heavy atom. The summed E-state index contributed by atoms with van der Waals surface area (Å²) in [6.07, 6.45) is 0. The van der Waals surface area contributed by atoms with Gasteiger partial charge in [-0.1, -0.05) is 84.9 Å². The van der Waals surface area contributed by atoms with Gasteiger partial charge in [-0.15, -0.1) is 0 Å². The fraction of sp³-hybridized carbons (Fsp3) is 0.0455. The minimum atomic E-state index is -0.920. The average molecular weight is 344 g/mol. The van der Waals surface area contributed by atoms with Gasteiger partial charge in [-0.2, -0.15) is 0 Å². The Morgan fingerprint density at radius 3 is 1.73 bits per heavy atom. The smallest absolute Gasteiger partial charge is 0.380 e. The fourth-order valence-corrected chi connectivity index (χ4v) is 2.44. The van der Waals surface area contributed by atoms with Crippen molar-refractivity contribution < 1.29 is 19.1 Å². The van der Waals surface area contributed by atoms with E-state index in [0.29, 0.717) is 11.1 Å². The zero-order valence-electron chi connectivity index (χ0n) is 13.9. The quantitative estimate of drug-likeness (QED) is 0.387. The van der Waals surface area contributed by atoms with E-state index in [4.69, 9.17) is 4.74 Å². The molecule has 0 unspecified atom stereocenters. The molecule has 0 saturated heterocycles. The van der Waals surface area contributed by atoms with E-state index in [1.165, 1.54) is 24.3 Å². The summed E-state index contributed by atoms with van der Waals surface area (Å²) in [6, 6.07) is 24.0. The second-order valence-electron chi connectivity index (χ2n) is 5.66. The Kier molecular flexibility index (Phi) is 5.34. The van der Waals surface area contributed by atoms with Gasteiger partial charge in [0.15, 0.2) is 5.78 Å². The number of rotatable bonds is 6. The molecule has 0 amide bonds. The van der Waals surface area contributed by atoms with E-state index < -0.39 is 11.8 Å². The van der Waals surface area contributed by atoms with Gasteiger partial charge >= 0.3 is 5.97 Å². The van der Waals surface area contributed by atoms with Crippen molar-refractivity contribution in [2.75, 3.05) is 0 Å². The monoisotopic (exact) mass is 344 g/mol. The van der Waals surface area contributed by atoms with Crippen molar-refractivity contribution in [2.24, 2.45) is 0 Å². The van der Waals surface area contributed by atoms with E-state index in [1.807, 2.05) is 36.4 Å². The molecule has 0 atom stereocenters. The molecule has 0 aliphatic carbocycles. The van der Waals surface area contributed by atoms with Crippen LogP contribution in [0.4, 0.5) is 0 Å². The standard InChI is InChI=1S/C22H16O4/c23-20(17-9-5-2-6-10-17)18-11-13-19(14-12-18)21(24)22(25)26-15-16-7-3-1-4-8-16/h1-14H,15H2. The summed E-state index contributed by atoms with van der Waals surface area (Å²) in [6.45, 7) is 0.0377. The SMILES string of the molecule is O=C(OCc1ccccc1)C(=O)c1ccc(C(=O)c2ccccc2)cc1. The van der Waals surface area contributed by atoms with E-state index in [1.54, 1.807) is 24.3 Å². The molecule has 3 aromatic carbocycles. The van der Waals surface area contributed by atoms with Crippen LogP contribution in [0.25, 0.3) is 0 Å². The maximum absolute atomic E-state index is 12.3. The predicted molar refractivity (Wildman–Crippen MR) is 96.9 cm³/mol. The van der Waals surface area contributed by atoms with E-state index in [0.717, 1.165) is 5.56 Å². The highest BCUT2D eigenvalue weighted by atomic mass is 16.5. The largest absolute Gasteiger partial charge is 0.455 e. The summed E-state index contributed by atoms with van der Waals surface area (Å²) >= 11 is 0. The number of carbonyl (C=O) groups excluding carboxylic acids is 3. The molecule has 26 heavy (non-hydrogen) atoms. The van der Waals surface area contributed by atoms with Gasteiger partial charge in [0, 0.05) is 16.7 Å². The third kappa shape index (κ3) is 4.11. The Hall–Kier alpha value is -3.53. The van der Waals surface area contributed by atoms with Crippen molar-refractivity contribution >= 4 is 17.5 Å². The van der Waals surface area contributed by atoms with Gasteiger partial charge in [0.2, 0.25) is 0 Å². The van der Waals surface area contributed by atoms with Crippen molar-refractivity contribution in [3.05, 3.63) is 107 Å². The first-order chi connectivity index (χ1) is 12.6. The Bertz CT molecular complexity index is 913. The number of Topliss-reactive ketones (excluding diaryl/α,β-unsaturated/α-hetero) is 1. The minimum Gasteiger partial charge on any atom is -0.455 e. The van der Waals surface area contributed by atoms with Crippen molar-refractivity contribution in [2.45, 2.75) is 6.61 Å². The first-order valence-electron chi connectivity index (χ1n) is 8.10. The third-order valence-corrected chi connectivity index (χ3v) is 3.84. The van der Waals surface area contributed by atoms with Crippen LogP contribution in [-0.4, -0.2) is 17.5 Å². The number of ether oxygens (including phenoxy) is 1. The van der Waals surface area contributed by atoms with Crippen LogP contribution in [0.2, 0.25) is 0 Å². The van der Waals surface area contributed by atoms with Gasteiger partial charge in [0.05, 0.1) is 0 Å². The predicted octanol–water partition coefficient (Wildman–Crippen LogP) is 3.84. The summed E-state index contributed by atoms with van der Waals surface area (Å²) < 4.78 is 5.04. The van der Waals surface area contributed by atoms with Gasteiger partial charge in [-0.05, 0) is 5.56 Å². The number of carbonyl (C=O) groups is 3. The fourth-order valence-electron chi connectivity index (χ4n) is 2.44. The van der Waals surface area contributed by atoms with Crippen molar-refractivity contribution in [1.29, 1.82) is 0 Å². The number of hydrogen-bond acceptors (Lipinski definition) is 4. The molecule has 0 fully saturated rings. The summed E-state index contributed by atoms with van der Waals surface area (Å²) in [5, 5.41) is 0. The van der Waals surface area contributed by atoms with Crippen molar-refractivity contribution in [3.8, 4) is 0 Å². The Morgan fingerprint density at radius 1 is 0.615 bits per heavy atom. The van der Waals surface area contributed by atoms with E-state index >= 15 is 0 Å². The molecule has 3 aromatic rings. The summed E-state index contributed by atoms with van der Waals surface area (Å²) in [4.78, 5) is 36.4. The molecule has 0 radical (unpaired) electrons. The number of ketones is 2. The number of benzene rings is 3. The van der Waals surface area contributed by atoms with Crippen LogP contribution < -0.4 is 0 Å². The molecule has 4 nitrogen and oxygen atoms in total. The lowest BCUT2D eigenvalue weighted by Gasteiger charge is -2.05. The highest BCUT2D eigenvalue weighted by molar-refractivity contribution is 6.40. The van der Waals surface area contributed by atoms with Gasteiger partial charge in [0.1, 0.15) is 6.61 Å².